The fraction of sp³-hybridized carbons (Fsp3) is 0.294. The second-order valence-corrected chi connectivity index (χ2v) is 5.77. The largest absolute Gasteiger partial charge is 0.329 e. The first-order chi connectivity index (χ1) is 11.0. The molecule has 2 amide bonds. The molecule has 0 fully saturated rings. The van der Waals surface area contributed by atoms with Gasteiger partial charge in [0.1, 0.15) is 6.54 Å². The molecule has 0 atom stereocenters. The fourth-order valence-corrected chi connectivity index (χ4v) is 2.61. The molecule has 1 aliphatic heterocycles. The number of amides is 2. The summed E-state index contributed by atoms with van der Waals surface area (Å²) in [4.78, 5) is 34.2. The molecule has 0 unspecified atom stereocenters. The molecule has 1 aliphatic rings. The fourth-order valence-electron chi connectivity index (χ4n) is 2.61. The van der Waals surface area contributed by atoms with E-state index >= 15 is 0 Å². The summed E-state index contributed by atoms with van der Waals surface area (Å²) in [5.74, 6) is -0.148. The first-order valence-corrected chi connectivity index (χ1v) is 7.50. The first kappa shape index (κ1) is 15.1. The summed E-state index contributed by atoms with van der Waals surface area (Å²) >= 11 is 0. The number of carbonyl (C=O) groups excluding carboxylic acids is 2. The van der Waals surface area contributed by atoms with Crippen molar-refractivity contribution in [1.29, 1.82) is 0 Å². The van der Waals surface area contributed by atoms with Gasteiger partial charge in [-0.2, -0.15) is 0 Å². The van der Waals surface area contributed by atoms with Crippen LogP contribution in [-0.4, -0.2) is 39.8 Å². The molecule has 118 valence electrons. The SMILES string of the molecule is Cc1cnc(NC(=O)CN2CCc3cc(C)ccc3C2=O)nc1. The maximum Gasteiger partial charge on any atom is 0.254 e. The average Bonchev–Trinajstić information content (AvgIpc) is 2.52. The molecule has 6 nitrogen and oxygen atoms in total. The van der Waals surface area contributed by atoms with Crippen LogP contribution in [0, 0.1) is 13.8 Å². The lowest BCUT2D eigenvalue weighted by Gasteiger charge is -2.28. The lowest BCUT2D eigenvalue weighted by Crippen LogP contribution is -2.42. The van der Waals surface area contributed by atoms with Crippen molar-refractivity contribution < 1.29 is 9.59 Å². The molecule has 0 spiro atoms. The number of hydrogen-bond acceptors (Lipinski definition) is 4. The van der Waals surface area contributed by atoms with Crippen LogP contribution >= 0.6 is 0 Å². The monoisotopic (exact) mass is 310 g/mol. The Bertz CT molecular complexity index is 756. The van der Waals surface area contributed by atoms with E-state index in [4.69, 9.17) is 0 Å². The summed E-state index contributed by atoms with van der Waals surface area (Å²) in [6, 6.07) is 5.78. The number of nitrogens with zero attached hydrogens (tertiary/aromatic N) is 3. The van der Waals surface area contributed by atoms with Gasteiger partial charge in [-0.3, -0.25) is 14.9 Å². The average molecular weight is 310 g/mol. The van der Waals surface area contributed by atoms with Crippen LogP contribution in [0.2, 0.25) is 0 Å². The van der Waals surface area contributed by atoms with Gasteiger partial charge < -0.3 is 4.90 Å². The Morgan fingerprint density at radius 2 is 1.96 bits per heavy atom. The standard InChI is InChI=1S/C17H18N4O2/c1-11-3-4-14-13(7-11)5-6-21(16(14)23)10-15(22)20-17-18-8-12(2)9-19-17/h3-4,7-9H,5-6,10H2,1-2H3,(H,18,19,20,22). The van der Waals surface area contributed by atoms with Crippen molar-refractivity contribution in [3.05, 3.63) is 52.8 Å². The van der Waals surface area contributed by atoms with Gasteiger partial charge in [0.25, 0.3) is 5.91 Å². The molecule has 1 N–H and O–H groups in total. The van der Waals surface area contributed by atoms with Crippen LogP contribution in [0.4, 0.5) is 5.95 Å². The van der Waals surface area contributed by atoms with Crippen molar-refractivity contribution in [2.24, 2.45) is 0 Å². The van der Waals surface area contributed by atoms with E-state index in [-0.39, 0.29) is 24.3 Å². The Kier molecular flexibility index (Phi) is 4.06. The van der Waals surface area contributed by atoms with Crippen LogP contribution in [0.1, 0.15) is 27.0 Å². The molecule has 0 bridgehead atoms. The molecular formula is C17H18N4O2. The Balaban J connectivity index is 1.66. The highest BCUT2D eigenvalue weighted by Crippen LogP contribution is 2.20. The smallest absolute Gasteiger partial charge is 0.254 e. The highest BCUT2D eigenvalue weighted by molar-refractivity contribution is 6.00. The van der Waals surface area contributed by atoms with Crippen LogP contribution < -0.4 is 5.32 Å². The van der Waals surface area contributed by atoms with E-state index in [0.29, 0.717) is 12.1 Å². The predicted octanol–water partition coefficient (Wildman–Crippen LogP) is 1.73. The zero-order chi connectivity index (χ0) is 16.4. The minimum atomic E-state index is -0.294. The molecule has 0 aliphatic carbocycles. The van der Waals surface area contributed by atoms with Gasteiger partial charge >= 0.3 is 0 Å². The number of benzene rings is 1. The topological polar surface area (TPSA) is 75.2 Å². The van der Waals surface area contributed by atoms with Crippen LogP contribution in [0.25, 0.3) is 0 Å². The molecule has 1 aromatic carbocycles. The maximum absolute atomic E-state index is 12.5. The van der Waals surface area contributed by atoms with Crippen molar-refractivity contribution in [2.75, 3.05) is 18.4 Å². The highest BCUT2D eigenvalue weighted by atomic mass is 16.2. The van der Waals surface area contributed by atoms with E-state index in [1.54, 1.807) is 17.3 Å². The quantitative estimate of drug-likeness (QED) is 0.937. The molecule has 0 saturated carbocycles. The molecule has 23 heavy (non-hydrogen) atoms. The molecule has 0 saturated heterocycles. The van der Waals surface area contributed by atoms with Gasteiger partial charge in [-0.15, -0.1) is 0 Å². The Labute approximate surface area is 134 Å². The van der Waals surface area contributed by atoms with Gasteiger partial charge in [0, 0.05) is 24.5 Å². The third-order valence-electron chi connectivity index (χ3n) is 3.80. The number of anilines is 1. The normalized spacial score (nSPS) is 13.7. The van der Waals surface area contributed by atoms with Crippen molar-refractivity contribution >= 4 is 17.8 Å². The van der Waals surface area contributed by atoms with Gasteiger partial charge in [0.05, 0.1) is 0 Å². The van der Waals surface area contributed by atoms with E-state index in [1.807, 2.05) is 32.0 Å². The summed E-state index contributed by atoms with van der Waals surface area (Å²) in [6.45, 7) is 4.42. The van der Waals surface area contributed by atoms with Crippen molar-refractivity contribution in [2.45, 2.75) is 20.3 Å². The number of nitrogens with one attached hydrogen (secondary N) is 1. The summed E-state index contributed by atoms with van der Waals surface area (Å²) < 4.78 is 0. The van der Waals surface area contributed by atoms with Gasteiger partial charge in [0.15, 0.2) is 0 Å². The third-order valence-corrected chi connectivity index (χ3v) is 3.80. The third kappa shape index (κ3) is 3.36. The number of aryl methyl sites for hydroxylation is 2. The zero-order valence-electron chi connectivity index (χ0n) is 13.2. The first-order valence-electron chi connectivity index (χ1n) is 7.50. The minimum Gasteiger partial charge on any atom is -0.329 e. The zero-order valence-corrected chi connectivity index (χ0v) is 13.2. The van der Waals surface area contributed by atoms with E-state index in [1.165, 1.54) is 0 Å². The summed E-state index contributed by atoms with van der Waals surface area (Å²) in [6.07, 6.45) is 4.03. The van der Waals surface area contributed by atoms with Gasteiger partial charge in [0.2, 0.25) is 11.9 Å². The van der Waals surface area contributed by atoms with Crippen LogP contribution in [0.3, 0.4) is 0 Å². The molecule has 3 rings (SSSR count). The van der Waals surface area contributed by atoms with Gasteiger partial charge in [-0.25, -0.2) is 9.97 Å². The Morgan fingerprint density at radius 1 is 1.22 bits per heavy atom. The van der Waals surface area contributed by atoms with Crippen LogP contribution in [-0.2, 0) is 11.2 Å². The summed E-state index contributed by atoms with van der Waals surface area (Å²) in [5.41, 5.74) is 3.79. The number of aromatic nitrogens is 2. The Morgan fingerprint density at radius 3 is 2.70 bits per heavy atom. The van der Waals surface area contributed by atoms with Gasteiger partial charge in [-0.05, 0) is 37.5 Å². The van der Waals surface area contributed by atoms with Gasteiger partial charge in [-0.1, -0.05) is 17.7 Å². The van der Waals surface area contributed by atoms with Crippen molar-refractivity contribution in [3.63, 3.8) is 0 Å². The second-order valence-electron chi connectivity index (χ2n) is 5.77. The number of hydrogen-bond donors (Lipinski definition) is 1. The predicted molar refractivity (Wildman–Crippen MR) is 86.2 cm³/mol. The highest BCUT2D eigenvalue weighted by Gasteiger charge is 2.25. The lowest BCUT2D eigenvalue weighted by molar-refractivity contribution is -0.117. The molecule has 2 heterocycles. The Hall–Kier alpha value is -2.76. The van der Waals surface area contributed by atoms with E-state index in [9.17, 15) is 9.59 Å². The van der Waals surface area contributed by atoms with Crippen molar-refractivity contribution in [1.82, 2.24) is 14.9 Å². The molecule has 2 aromatic rings. The number of carbonyl (C=O) groups is 2. The molecular weight excluding hydrogens is 292 g/mol. The molecule has 0 radical (unpaired) electrons. The van der Waals surface area contributed by atoms with E-state index < -0.39 is 0 Å². The number of rotatable bonds is 3. The second kappa shape index (κ2) is 6.16. The van der Waals surface area contributed by atoms with E-state index in [0.717, 1.165) is 23.1 Å². The van der Waals surface area contributed by atoms with Crippen LogP contribution in [0.15, 0.2) is 30.6 Å². The minimum absolute atomic E-state index is 0.00336. The summed E-state index contributed by atoms with van der Waals surface area (Å²) in [7, 11) is 0. The maximum atomic E-state index is 12.5. The molecule has 1 aromatic heterocycles. The van der Waals surface area contributed by atoms with Crippen molar-refractivity contribution in [3.8, 4) is 0 Å². The number of fused-ring (bicyclic) bond motifs is 1. The summed E-state index contributed by atoms with van der Waals surface area (Å²) in [5, 5.41) is 2.62. The van der Waals surface area contributed by atoms with E-state index in [2.05, 4.69) is 15.3 Å². The lowest BCUT2D eigenvalue weighted by atomic mass is 9.97. The van der Waals surface area contributed by atoms with Crippen LogP contribution in [0.5, 0.6) is 0 Å². The molecule has 6 heteroatoms.